The molecule has 6 aromatic rings. The van der Waals surface area contributed by atoms with E-state index in [0.29, 0.717) is 0 Å². The minimum Gasteiger partial charge on any atom is -0.508 e. The van der Waals surface area contributed by atoms with Crippen LogP contribution < -0.4 is 4.90 Å². The molecule has 0 aliphatic rings. The van der Waals surface area contributed by atoms with E-state index in [-0.39, 0.29) is 11.2 Å². The van der Waals surface area contributed by atoms with Gasteiger partial charge in [0.05, 0.1) is 11.4 Å². The summed E-state index contributed by atoms with van der Waals surface area (Å²) in [6.45, 7) is 6.73. The van der Waals surface area contributed by atoms with Gasteiger partial charge in [-0.25, -0.2) is 0 Å². The molecule has 0 amide bonds. The van der Waals surface area contributed by atoms with Crippen molar-refractivity contribution in [3.63, 3.8) is 0 Å². The minimum absolute atomic E-state index is 0.0308. The molecule has 6 rings (SSSR count). The number of hydrogen-bond donors (Lipinski definition) is 1. The lowest BCUT2D eigenvalue weighted by Gasteiger charge is -2.32. The lowest BCUT2D eigenvalue weighted by Crippen LogP contribution is -2.16. The molecular weight excluding hydrogens is 510 g/mol. The number of hydrogen-bond acceptors (Lipinski definition) is 2. The van der Waals surface area contributed by atoms with Crippen LogP contribution in [0.2, 0.25) is 0 Å². The van der Waals surface area contributed by atoms with E-state index < -0.39 is 0 Å². The minimum atomic E-state index is -0.0308. The molecule has 0 atom stereocenters. The van der Waals surface area contributed by atoms with Crippen LogP contribution in [0, 0.1) is 0 Å². The molecule has 0 spiro atoms. The van der Waals surface area contributed by atoms with Crippen LogP contribution in [0.3, 0.4) is 0 Å². The molecule has 6 aromatic carbocycles. The smallest absolute Gasteiger partial charge is 0.118 e. The first-order chi connectivity index (χ1) is 20.4. The van der Waals surface area contributed by atoms with Gasteiger partial charge in [-0.05, 0) is 57.5 Å². The third kappa shape index (κ3) is 5.57. The number of benzene rings is 6. The van der Waals surface area contributed by atoms with E-state index in [1.54, 1.807) is 0 Å². The number of rotatable bonds is 6. The van der Waals surface area contributed by atoms with Crippen molar-refractivity contribution >= 4 is 17.1 Å². The van der Waals surface area contributed by atoms with Crippen LogP contribution in [0.1, 0.15) is 26.3 Å². The first-order valence-electron chi connectivity index (χ1n) is 14.4. The van der Waals surface area contributed by atoms with Gasteiger partial charge in [-0.3, -0.25) is 0 Å². The standard InChI is InChI=1S/C40H35NO/c1-40(2,3)33-21-13-22-34(27-33)41(35-25-32(26-36(42)28-35)29-15-7-4-8-16-29)39-37(30-17-9-5-10-18-30)23-14-24-38(39)31-19-11-6-12-20-31/h4-28,42H,1-3H3. The zero-order valence-corrected chi connectivity index (χ0v) is 24.3. The van der Waals surface area contributed by atoms with E-state index in [4.69, 9.17) is 0 Å². The predicted octanol–water partition coefficient (Wildman–Crippen LogP) is 11.2. The van der Waals surface area contributed by atoms with Gasteiger partial charge in [0, 0.05) is 22.9 Å². The summed E-state index contributed by atoms with van der Waals surface area (Å²) in [7, 11) is 0. The Morgan fingerprint density at radius 3 is 1.52 bits per heavy atom. The van der Waals surface area contributed by atoms with Crippen molar-refractivity contribution in [3.05, 3.63) is 157 Å². The van der Waals surface area contributed by atoms with Gasteiger partial charge in [-0.15, -0.1) is 0 Å². The average Bonchev–Trinajstić information content (AvgIpc) is 3.02. The molecular formula is C40H35NO. The molecule has 0 unspecified atom stereocenters. The van der Waals surface area contributed by atoms with Crippen LogP contribution in [0.15, 0.2) is 152 Å². The van der Waals surface area contributed by atoms with E-state index in [1.807, 2.05) is 30.3 Å². The van der Waals surface area contributed by atoms with Gasteiger partial charge in [0.15, 0.2) is 0 Å². The SMILES string of the molecule is CC(C)(C)c1cccc(N(c2cc(O)cc(-c3ccccc3)c2)c2c(-c3ccccc3)cccc2-c2ccccc2)c1. The normalized spacial score (nSPS) is 11.3. The summed E-state index contributed by atoms with van der Waals surface area (Å²) in [6, 6.07) is 52.5. The quantitative estimate of drug-likeness (QED) is 0.225. The monoisotopic (exact) mass is 545 g/mol. The molecule has 0 aliphatic heterocycles. The van der Waals surface area contributed by atoms with Gasteiger partial charge in [0.25, 0.3) is 0 Å². The van der Waals surface area contributed by atoms with E-state index >= 15 is 0 Å². The molecule has 1 N–H and O–H groups in total. The van der Waals surface area contributed by atoms with E-state index in [2.05, 4.69) is 147 Å². The van der Waals surface area contributed by atoms with Gasteiger partial charge in [0.2, 0.25) is 0 Å². The molecule has 0 bridgehead atoms. The number of para-hydroxylation sites is 1. The third-order valence-corrected chi connectivity index (χ3v) is 7.67. The maximum Gasteiger partial charge on any atom is 0.118 e. The highest BCUT2D eigenvalue weighted by molar-refractivity contribution is 5.98. The first-order valence-corrected chi connectivity index (χ1v) is 14.4. The molecule has 2 heteroatoms. The van der Waals surface area contributed by atoms with Crippen LogP contribution in [-0.4, -0.2) is 5.11 Å². The molecule has 0 heterocycles. The fourth-order valence-electron chi connectivity index (χ4n) is 5.53. The van der Waals surface area contributed by atoms with Gasteiger partial charge in [-0.1, -0.05) is 142 Å². The fraction of sp³-hybridized carbons (Fsp3) is 0.100. The Bertz CT molecular complexity index is 1740. The number of phenols is 1. The Morgan fingerprint density at radius 2 is 0.976 bits per heavy atom. The second-order valence-electron chi connectivity index (χ2n) is 11.7. The topological polar surface area (TPSA) is 23.5 Å². The molecule has 2 nitrogen and oxygen atoms in total. The molecule has 0 fully saturated rings. The average molecular weight is 546 g/mol. The Hall–Kier alpha value is -5.08. The van der Waals surface area contributed by atoms with Crippen molar-refractivity contribution in [3.8, 4) is 39.1 Å². The number of nitrogens with zero attached hydrogens (tertiary/aromatic N) is 1. The zero-order valence-electron chi connectivity index (χ0n) is 24.3. The van der Waals surface area contributed by atoms with Crippen LogP contribution in [0.4, 0.5) is 17.1 Å². The molecule has 206 valence electrons. The van der Waals surface area contributed by atoms with Crippen molar-refractivity contribution < 1.29 is 5.11 Å². The summed E-state index contributed by atoms with van der Waals surface area (Å²) in [5.41, 5.74) is 10.7. The molecule has 0 saturated heterocycles. The Kier molecular flexibility index (Phi) is 7.37. The maximum atomic E-state index is 11.1. The Morgan fingerprint density at radius 1 is 0.452 bits per heavy atom. The van der Waals surface area contributed by atoms with Crippen molar-refractivity contribution in [2.75, 3.05) is 4.90 Å². The highest BCUT2D eigenvalue weighted by Crippen LogP contribution is 2.48. The third-order valence-electron chi connectivity index (χ3n) is 7.67. The highest BCUT2D eigenvalue weighted by Gasteiger charge is 2.24. The lowest BCUT2D eigenvalue weighted by atomic mass is 9.86. The molecule has 42 heavy (non-hydrogen) atoms. The number of phenolic OH excluding ortho intramolecular Hbond substituents is 1. The van der Waals surface area contributed by atoms with Crippen molar-refractivity contribution in [2.24, 2.45) is 0 Å². The zero-order chi connectivity index (χ0) is 29.1. The van der Waals surface area contributed by atoms with Gasteiger partial charge < -0.3 is 10.0 Å². The van der Waals surface area contributed by atoms with Gasteiger partial charge in [-0.2, -0.15) is 0 Å². The fourth-order valence-corrected chi connectivity index (χ4v) is 5.53. The van der Waals surface area contributed by atoms with Crippen LogP contribution in [0.25, 0.3) is 33.4 Å². The Labute approximate surface area is 249 Å². The summed E-state index contributed by atoms with van der Waals surface area (Å²) >= 11 is 0. The summed E-state index contributed by atoms with van der Waals surface area (Å²) in [4.78, 5) is 2.31. The van der Waals surface area contributed by atoms with Crippen molar-refractivity contribution in [1.82, 2.24) is 0 Å². The van der Waals surface area contributed by atoms with Crippen molar-refractivity contribution in [2.45, 2.75) is 26.2 Å². The van der Waals surface area contributed by atoms with Crippen LogP contribution >= 0.6 is 0 Å². The number of anilines is 3. The van der Waals surface area contributed by atoms with Crippen LogP contribution in [-0.2, 0) is 5.41 Å². The molecule has 0 aliphatic carbocycles. The van der Waals surface area contributed by atoms with Gasteiger partial charge >= 0.3 is 0 Å². The van der Waals surface area contributed by atoms with Gasteiger partial charge in [0.1, 0.15) is 5.75 Å². The lowest BCUT2D eigenvalue weighted by molar-refractivity contribution is 0.476. The summed E-state index contributed by atoms with van der Waals surface area (Å²) in [5, 5.41) is 11.1. The second-order valence-corrected chi connectivity index (χ2v) is 11.7. The van der Waals surface area contributed by atoms with E-state index in [0.717, 1.165) is 50.4 Å². The van der Waals surface area contributed by atoms with Crippen molar-refractivity contribution in [1.29, 1.82) is 0 Å². The van der Waals surface area contributed by atoms with Crippen LogP contribution in [0.5, 0.6) is 5.75 Å². The Balaban J connectivity index is 1.70. The number of aromatic hydroxyl groups is 1. The predicted molar refractivity (Wildman–Crippen MR) is 178 cm³/mol. The first kappa shape index (κ1) is 27.1. The molecule has 0 aromatic heterocycles. The molecule has 0 radical (unpaired) electrons. The maximum absolute atomic E-state index is 11.1. The largest absolute Gasteiger partial charge is 0.508 e. The summed E-state index contributed by atoms with van der Waals surface area (Å²) in [6.07, 6.45) is 0. The molecule has 0 saturated carbocycles. The highest BCUT2D eigenvalue weighted by atomic mass is 16.3. The summed E-state index contributed by atoms with van der Waals surface area (Å²) < 4.78 is 0. The van der Waals surface area contributed by atoms with E-state index in [9.17, 15) is 5.11 Å². The second kappa shape index (κ2) is 11.4. The summed E-state index contributed by atoms with van der Waals surface area (Å²) in [5.74, 6) is 0.224. The van der Waals surface area contributed by atoms with E-state index in [1.165, 1.54) is 5.56 Å².